The van der Waals surface area contributed by atoms with Crippen molar-refractivity contribution >= 4 is 15.9 Å². The Labute approximate surface area is 97.5 Å². The largest absolute Gasteiger partial charge is 0.233 e. The minimum absolute atomic E-state index is 0.766. The quantitative estimate of drug-likeness (QED) is 0.735. The summed E-state index contributed by atoms with van der Waals surface area (Å²) in [6, 6.07) is 10.1. The van der Waals surface area contributed by atoms with Crippen LogP contribution in [0.2, 0.25) is 0 Å². The van der Waals surface area contributed by atoms with Gasteiger partial charge in [0.25, 0.3) is 0 Å². The lowest BCUT2D eigenvalue weighted by molar-refractivity contribution is 1.09. The van der Waals surface area contributed by atoms with Crippen LogP contribution in [0.25, 0.3) is 11.4 Å². The van der Waals surface area contributed by atoms with Gasteiger partial charge in [-0.1, -0.05) is 29.8 Å². The molecule has 0 N–H and O–H groups in total. The van der Waals surface area contributed by atoms with E-state index >= 15 is 0 Å². The Morgan fingerprint density at radius 2 is 1.67 bits per heavy atom. The maximum Gasteiger partial charge on any atom is 0.160 e. The van der Waals surface area contributed by atoms with Crippen LogP contribution in [0.5, 0.6) is 0 Å². The van der Waals surface area contributed by atoms with Crippen LogP contribution in [0, 0.1) is 13.8 Å². The van der Waals surface area contributed by atoms with Crippen LogP contribution < -0.4 is 0 Å². The molecule has 3 heteroatoms. The van der Waals surface area contributed by atoms with Crippen LogP contribution in [0.3, 0.4) is 0 Å². The standard InChI is InChI=1S/C12H11BrN2/c1-8-3-5-10(6-4-8)12-14-9(2)7-11(13)15-12/h3-7H,1-2H3. The fourth-order valence-electron chi connectivity index (χ4n) is 1.36. The molecule has 76 valence electrons. The van der Waals surface area contributed by atoms with Gasteiger partial charge in [-0.25, -0.2) is 9.97 Å². The van der Waals surface area contributed by atoms with Gasteiger partial charge in [-0.05, 0) is 35.8 Å². The molecule has 2 aromatic rings. The maximum absolute atomic E-state index is 4.39. The smallest absolute Gasteiger partial charge is 0.160 e. The number of rotatable bonds is 1. The first-order valence-corrected chi connectivity index (χ1v) is 5.53. The first-order chi connectivity index (χ1) is 7.15. The Kier molecular flexibility index (Phi) is 2.82. The van der Waals surface area contributed by atoms with E-state index in [4.69, 9.17) is 0 Å². The topological polar surface area (TPSA) is 25.8 Å². The second-order valence-electron chi connectivity index (χ2n) is 3.52. The summed E-state index contributed by atoms with van der Waals surface area (Å²) in [6.07, 6.45) is 0. The molecule has 1 aromatic carbocycles. The van der Waals surface area contributed by atoms with Crippen molar-refractivity contribution in [3.8, 4) is 11.4 Å². The lowest BCUT2D eigenvalue weighted by atomic mass is 10.1. The SMILES string of the molecule is Cc1ccc(-c2nc(C)cc(Br)n2)cc1. The molecule has 2 nitrogen and oxygen atoms in total. The fraction of sp³-hybridized carbons (Fsp3) is 0.167. The van der Waals surface area contributed by atoms with Crippen LogP contribution in [0.15, 0.2) is 34.9 Å². The van der Waals surface area contributed by atoms with Crippen LogP contribution in [0.4, 0.5) is 0 Å². The normalized spacial score (nSPS) is 10.3. The summed E-state index contributed by atoms with van der Waals surface area (Å²) in [7, 11) is 0. The zero-order chi connectivity index (χ0) is 10.8. The molecule has 0 saturated heterocycles. The summed E-state index contributed by atoms with van der Waals surface area (Å²) in [6.45, 7) is 4.03. The Morgan fingerprint density at radius 3 is 2.27 bits per heavy atom. The van der Waals surface area contributed by atoms with Gasteiger partial charge in [0.15, 0.2) is 5.82 Å². The van der Waals surface area contributed by atoms with Gasteiger partial charge in [-0.3, -0.25) is 0 Å². The minimum Gasteiger partial charge on any atom is -0.233 e. The summed E-state index contributed by atoms with van der Waals surface area (Å²) < 4.78 is 0.825. The highest BCUT2D eigenvalue weighted by Crippen LogP contribution is 2.18. The number of hydrogen-bond acceptors (Lipinski definition) is 2. The highest BCUT2D eigenvalue weighted by atomic mass is 79.9. The molecule has 0 radical (unpaired) electrons. The van der Waals surface area contributed by atoms with E-state index in [0.29, 0.717) is 0 Å². The van der Waals surface area contributed by atoms with E-state index in [0.717, 1.165) is 21.7 Å². The van der Waals surface area contributed by atoms with Crippen molar-refractivity contribution in [1.82, 2.24) is 9.97 Å². The molecule has 2 rings (SSSR count). The van der Waals surface area contributed by atoms with E-state index < -0.39 is 0 Å². The van der Waals surface area contributed by atoms with Crippen molar-refractivity contribution in [2.75, 3.05) is 0 Å². The monoisotopic (exact) mass is 262 g/mol. The summed E-state index contributed by atoms with van der Waals surface area (Å²) in [5.74, 6) is 0.766. The maximum atomic E-state index is 4.39. The average Bonchev–Trinajstić information content (AvgIpc) is 2.17. The average molecular weight is 263 g/mol. The minimum atomic E-state index is 0.766. The Hall–Kier alpha value is -1.22. The molecule has 0 saturated carbocycles. The van der Waals surface area contributed by atoms with E-state index in [1.807, 2.05) is 25.1 Å². The Bertz CT molecular complexity index is 457. The van der Waals surface area contributed by atoms with E-state index in [1.54, 1.807) is 0 Å². The molecule has 0 fully saturated rings. The molecule has 0 aliphatic rings. The summed E-state index contributed by atoms with van der Waals surface area (Å²) >= 11 is 3.37. The summed E-state index contributed by atoms with van der Waals surface area (Å²) in [5, 5.41) is 0. The van der Waals surface area contributed by atoms with Crippen LogP contribution in [-0.4, -0.2) is 9.97 Å². The zero-order valence-corrected chi connectivity index (χ0v) is 10.2. The van der Waals surface area contributed by atoms with Crippen molar-refractivity contribution < 1.29 is 0 Å². The molecule has 0 atom stereocenters. The predicted molar refractivity (Wildman–Crippen MR) is 64.6 cm³/mol. The van der Waals surface area contributed by atoms with Gasteiger partial charge in [-0.15, -0.1) is 0 Å². The Morgan fingerprint density at radius 1 is 1.00 bits per heavy atom. The molecule has 15 heavy (non-hydrogen) atoms. The van der Waals surface area contributed by atoms with Crippen molar-refractivity contribution in [3.05, 3.63) is 46.2 Å². The number of halogens is 1. The third-order valence-electron chi connectivity index (χ3n) is 2.13. The number of aryl methyl sites for hydroxylation is 2. The van der Waals surface area contributed by atoms with Gasteiger partial charge in [0.1, 0.15) is 4.60 Å². The lowest BCUT2D eigenvalue weighted by Gasteiger charge is -2.02. The molecule has 0 aliphatic heterocycles. The van der Waals surface area contributed by atoms with Crippen LogP contribution in [-0.2, 0) is 0 Å². The van der Waals surface area contributed by atoms with Crippen molar-refractivity contribution in [3.63, 3.8) is 0 Å². The van der Waals surface area contributed by atoms with E-state index in [-0.39, 0.29) is 0 Å². The molecular weight excluding hydrogens is 252 g/mol. The number of nitrogens with zero attached hydrogens (tertiary/aromatic N) is 2. The number of aromatic nitrogens is 2. The van der Waals surface area contributed by atoms with Gasteiger partial charge in [-0.2, -0.15) is 0 Å². The highest BCUT2D eigenvalue weighted by Gasteiger charge is 2.02. The fourth-order valence-corrected chi connectivity index (χ4v) is 1.86. The molecule has 0 unspecified atom stereocenters. The zero-order valence-electron chi connectivity index (χ0n) is 8.66. The first-order valence-electron chi connectivity index (χ1n) is 4.73. The van der Waals surface area contributed by atoms with Gasteiger partial charge in [0.2, 0.25) is 0 Å². The first kappa shape index (κ1) is 10.3. The van der Waals surface area contributed by atoms with Gasteiger partial charge >= 0.3 is 0 Å². The van der Waals surface area contributed by atoms with Crippen LogP contribution >= 0.6 is 15.9 Å². The van der Waals surface area contributed by atoms with E-state index in [9.17, 15) is 0 Å². The Balaban J connectivity index is 2.49. The van der Waals surface area contributed by atoms with Crippen molar-refractivity contribution in [2.45, 2.75) is 13.8 Å². The molecule has 1 heterocycles. The molecule has 0 aliphatic carbocycles. The summed E-state index contributed by atoms with van der Waals surface area (Å²) in [4.78, 5) is 8.73. The number of hydrogen-bond donors (Lipinski definition) is 0. The van der Waals surface area contributed by atoms with E-state index in [1.165, 1.54) is 5.56 Å². The second-order valence-corrected chi connectivity index (χ2v) is 4.33. The van der Waals surface area contributed by atoms with Crippen LogP contribution in [0.1, 0.15) is 11.3 Å². The predicted octanol–water partition coefficient (Wildman–Crippen LogP) is 3.52. The van der Waals surface area contributed by atoms with Gasteiger partial charge in [0.05, 0.1) is 0 Å². The molecule has 0 amide bonds. The molecular formula is C12H11BrN2. The molecule has 1 aromatic heterocycles. The molecule has 0 spiro atoms. The van der Waals surface area contributed by atoms with Gasteiger partial charge < -0.3 is 0 Å². The second kappa shape index (κ2) is 4.11. The third-order valence-corrected chi connectivity index (χ3v) is 2.54. The van der Waals surface area contributed by atoms with Crippen molar-refractivity contribution in [2.24, 2.45) is 0 Å². The van der Waals surface area contributed by atoms with E-state index in [2.05, 4.69) is 45.0 Å². The summed E-state index contributed by atoms with van der Waals surface area (Å²) in [5.41, 5.74) is 3.25. The third kappa shape index (κ3) is 2.42. The van der Waals surface area contributed by atoms with Gasteiger partial charge in [0, 0.05) is 11.3 Å². The highest BCUT2D eigenvalue weighted by molar-refractivity contribution is 9.10. The number of benzene rings is 1. The lowest BCUT2D eigenvalue weighted by Crippen LogP contribution is -1.92. The molecule has 0 bridgehead atoms. The van der Waals surface area contributed by atoms with Crippen molar-refractivity contribution in [1.29, 1.82) is 0 Å².